The zero-order valence-corrected chi connectivity index (χ0v) is 8.59. The molecule has 0 aromatic carbocycles. The fourth-order valence-corrected chi connectivity index (χ4v) is 2.18. The van der Waals surface area contributed by atoms with Gasteiger partial charge in [0.1, 0.15) is 0 Å². The van der Waals surface area contributed by atoms with E-state index in [1.807, 2.05) is 4.90 Å². The maximum atomic E-state index is 12.0. The molecule has 2 heterocycles. The molecule has 0 bridgehead atoms. The van der Waals surface area contributed by atoms with Gasteiger partial charge in [0.2, 0.25) is 5.91 Å². The Morgan fingerprint density at radius 2 is 2.07 bits per heavy atom. The summed E-state index contributed by atoms with van der Waals surface area (Å²) in [5.41, 5.74) is 0. The van der Waals surface area contributed by atoms with Crippen LogP contribution < -0.4 is 10.6 Å². The fraction of sp³-hybridized carbons (Fsp3) is 0.900. The molecule has 0 spiro atoms. The molecule has 2 saturated heterocycles. The van der Waals surface area contributed by atoms with E-state index in [-0.39, 0.29) is 6.04 Å². The SMILES string of the molecule is O=C([C@@H]1CCCN1)N1CCCNCC1. The van der Waals surface area contributed by atoms with Crippen molar-refractivity contribution in [2.24, 2.45) is 0 Å². The van der Waals surface area contributed by atoms with Crippen molar-refractivity contribution in [3.05, 3.63) is 0 Å². The van der Waals surface area contributed by atoms with Crippen LogP contribution in [0.2, 0.25) is 0 Å². The third-order valence-corrected chi connectivity index (χ3v) is 3.01. The first kappa shape index (κ1) is 9.93. The highest BCUT2D eigenvalue weighted by atomic mass is 16.2. The molecular weight excluding hydrogens is 178 g/mol. The second-order valence-electron chi connectivity index (χ2n) is 4.08. The van der Waals surface area contributed by atoms with Gasteiger partial charge in [0, 0.05) is 19.6 Å². The number of carbonyl (C=O) groups is 1. The highest BCUT2D eigenvalue weighted by Gasteiger charge is 2.26. The van der Waals surface area contributed by atoms with Gasteiger partial charge < -0.3 is 15.5 Å². The quantitative estimate of drug-likeness (QED) is 0.599. The summed E-state index contributed by atoms with van der Waals surface area (Å²) in [6.07, 6.45) is 3.24. The molecule has 1 atom stereocenters. The number of nitrogens with one attached hydrogen (secondary N) is 2. The van der Waals surface area contributed by atoms with Gasteiger partial charge in [-0.1, -0.05) is 0 Å². The minimum atomic E-state index is 0.105. The highest BCUT2D eigenvalue weighted by molar-refractivity contribution is 5.82. The monoisotopic (exact) mass is 197 g/mol. The Bertz CT molecular complexity index is 194. The summed E-state index contributed by atoms with van der Waals surface area (Å²) in [4.78, 5) is 14.0. The van der Waals surface area contributed by atoms with Gasteiger partial charge in [-0.05, 0) is 32.4 Å². The van der Waals surface area contributed by atoms with Crippen LogP contribution in [0.3, 0.4) is 0 Å². The van der Waals surface area contributed by atoms with Gasteiger partial charge in [0.15, 0.2) is 0 Å². The Labute approximate surface area is 85.0 Å². The van der Waals surface area contributed by atoms with E-state index in [0.29, 0.717) is 5.91 Å². The molecule has 14 heavy (non-hydrogen) atoms. The second kappa shape index (κ2) is 4.75. The Balaban J connectivity index is 1.88. The van der Waals surface area contributed by atoms with Crippen LogP contribution in [0.1, 0.15) is 19.3 Å². The normalized spacial score (nSPS) is 28.9. The first-order valence-electron chi connectivity index (χ1n) is 5.61. The van der Waals surface area contributed by atoms with Crippen LogP contribution in [-0.2, 0) is 4.79 Å². The molecule has 2 N–H and O–H groups in total. The van der Waals surface area contributed by atoms with Gasteiger partial charge in [-0.25, -0.2) is 0 Å². The lowest BCUT2D eigenvalue weighted by Gasteiger charge is -2.23. The second-order valence-corrected chi connectivity index (χ2v) is 4.08. The van der Waals surface area contributed by atoms with Gasteiger partial charge in [-0.15, -0.1) is 0 Å². The summed E-state index contributed by atoms with van der Waals surface area (Å²) in [6, 6.07) is 0.105. The lowest BCUT2D eigenvalue weighted by molar-refractivity contribution is -0.132. The molecule has 0 aromatic rings. The third-order valence-electron chi connectivity index (χ3n) is 3.01. The third kappa shape index (κ3) is 2.25. The van der Waals surface area contributed by atoms with Crippen LogP contribution in [0.5, 0.6) is 0 Å². The summed E-state index contributed by atoms with van der Waals surface area (Å²) in [5, 5.41) is 6.57. The van der Waals surface area contributed by atoms with Gasteiger partial charge in [0.25, 0.3) is 0 Å². The average Bonchev–Trinajstić information content (AvgIpc) is 2.59. The maximum Gasteiger partial charge on any atom is 0.239 e. The molecule has 0 saturated carbocycles. The zero-order valence-electron chi connectivity index (χ0n) is 8.59. The van der Waals surface area contributed by atoms with Crippen molar-refractivity contribution < 1.29 is 4.79 Å². The van der Waals surface area contributed by atoms with Crippen molar-refractivity contribution in [3.8, 4) is 0 Å². The molecule has 80 valence electrons. The van der Waals surface area contributed by atoms with Gasteiger partial charge in [-0.2, -0.15) is 0 Å². The molecule has 0 radical (unpaired) electrons. The van der Waals surface area contributed by atoms with Crippen molar-refractivity contribution in [2.45, 2.75) is 25.3 Å². The minimum absolute atomic E-state index is 0.105. The van der Waals surface area contributed by atoms with E-state index in [1.165, 1.54) is 0 Å². The Morgan fingerprint density at radius 1 is 1.14 bits per heavy atom. The van der Waals surface area contributed by atoms with Crippen molar-refractivity contribution >= 4 is 5.91 Å². The number of nitrogens with zero attached hydrogens (tertiary/aromatic N) is 1. The molecule has 0 aliphatic carbocycles. The van der Waals surface area contributed by atoms with Crippen LogP contribution in [-0.4, -0.2) is 49.6 Å². The summed E-state index contributed by atoms with van der Waals surface area (Å²) < 4.78 is 0. The number of carbonyl (C=O) groups excluding carboxylic acids is 1. The van der Waals surface area contributed by atoms with E-state index < -0.39 is 0 Å². The van der Waals surface area contributed by atoms with Gasteiger partial charge in [-0.3, -0.25) is 4.79 Å². The predicted octanol–water partition coefficient (Wildman–Crippen LogP) is -0.440. The van der Waals surface area contributed by atoms with Crippen molar-refractivity contribution in [1.82, 2.24) is 15.5 Å². The van der Waals surface area contributed by atoms with Crippen molar-refractivity contribution in [2.75, 3.05) is 32.7 Å². The lowest BCUT2D eigenvalue weighted by Crippen LogP contribution is -2.44. The Kier molecular flexibility index (Phi) is 3.37. The van der Waals surface area contributed by atoms with E-state index in [2.05, 4.69) is 10.6 Å². The van der Waals surface area contributed by atoms with E-state index in [0.717, 1.165) is 52.0 Å². The Morgan fingerprint density at radius 3 is 2.86 bits per heavy atom. The molecule has 2 aliphatic heterocycles. The molecule has 2 rings (SSSR count). The van der Waals surface area contributed by atoms with Gasteiger partial charge >= 0.3 is 0 Å². The van der Waals surface area contributed by atoms with Crippen molar-refractivity contribution in [1.29, 1.82) is 0 Å². The fourth-order valence-electron chi connectivity index (χ4n) is 2.18. The van der Waals surface area contributed by atoms with E-state index in [1.54, 1.807) is 0 Å². The predicted molar refractivity (Wildman–Crippen MR) is 55.1 cm³/mol. The standard InChI is InChI=1S/C10H19N3O/c14-10(9-3-1-5-12-9)13-7-2-4-11-6-8-13/h9,11-12H,1-8H2/t9-/m0/s1. The minimum Gasteiger partial charge on any atom is -0.340 e. The molecule has 0 unspecified atom stereocenters. The van der Waals surface area contributed by atoms with Crippen LogP contribution >= 0.6 is 0 Å². The van der Waals surface area contributed by atoms with Crippen LogP contribution in [0.25, 0.3) is 0 Å². The maximum absolute atomic E-state index is 12.0. The van der Waals surface area contributed by atoms with Crippen LogP contribution in [0.15, 0.2) is 0 Å². The zero-order chi connectivity index (χ0) is 9.80. The highest BCUT2D eigenvalue weighted by Crippen LogP contribution is 2.09. The number of hydrogen-bond donors (Lipinski definition) is 2. The van der Waals surface area contributed by atoms with Gasteiger partial charge in [0.05, 0.1) is 6.04 Å². The van der Waals surface area contributed by atoms with E-state index in [9.17, 15) is 4.79 Å². The van der Waals surface area contributed by atoms with Crippen LogP contribution in [0.4, 0.5) is 0 Å². The number of rotatable bonds is 1. The summed E-state index contributed by atoms with van der Waals surface area (Å²) in [5.74, 6) is 0.311. The first-order valence-corrected chi connectivity index (χ1v) is 5.61. The molecule has 2 fully saturated rings. The Hall–Kier alpha value is -0.610. The number of hydrogen-bond acceptors (Lipinski definition) is 3. The van der Waals surface area contributed by atoms with Crippen LogP contribution in [0, 0.1) is 0 Å². The summed E-state index contributed by atoms with van der Waals surface area (Å²) in [6.45, 7) is 4.78. The smallest absolute Gasteiger partial charge is 0.239 e. The van der Waals surface area contributed by atoms with E-state index >= 15 is 0 Å². The van der Waals surface area contributed by atoms with Crippen molar-refractivity contribution in [3.63, 3.8) is 0 Å². The van der Waals surface area contributed by atoms with E-state index in [4.69, 9.17) is 0 Å². The summed E-state index contributed by atoms with van der Waals surface area (Å²) in [7, 11) is 0. The number of amides is 1. The first-order chi connectivity index (χ1) is 6.88. The lowest BCUT2D eigenvalue weighted by atomic mass is 10.2. The average molecular weight is 197 g/mol. The molecular formula is C10H19N3O. The molecule has 4 nitrogen and oxygen atoms in total. The largest absolute Gasteiger partial charge is 0.340 e. The molecule has 2 aliphatic rings. The summed E-state index contributed by atoms with van der Waals surface area (Å²) >= 11 is 0. The molecule has 4 heteroatoms. The molecule has 1 amide bonds. The molecule has 0 aromatic heterocycles. The topological polar surface area (TPSA) is 44.4 Å².